The van der Waals surface area contributed by atoms with Crippen molar-refractivity contribution in [2.75, 3.05) is 36.4 Å². The summed E-state index contributed by atoms with van der Waals surface area (Å²) in [6.07, 6.45) is 11.1. The number of aromatic nitrogens is 7. The van der Waals surface area contributed by atoms with Crippen LogP contribution in [0, 0.1) is 0 Å². The lowest BCUT2D eigenvalue weighted by molar-refractivity contribution is -0.122. The highest BCUT2D eigenvalue weighted by molar-refractivity contribution is 5.89. The maximum Gasteiger partial charge on any atom is 0.320 e. The minimum Gasteiger partial charge on any atom is -0.484 e. The van der Waals surface area contributed by atoms with Crippen LogP contribution in [0.25, 0.3) is 11.3 Å². The average molecular weight is 768 g/mol. The van der Waals surface area contributed by atoms with Crippen LogP contribution in [-0.2, 0) is 16.8 Å². The first-order valence-corrected chi connectivity index (χ1v) is 19.6. The van der Waals surface area contributed by atoms with Gasteiger partial charge in [-0.2, -0.15) is 10.2 Å². The molecule has 2 fully saturated rings. The summed E-state index contributed by atoms with van der Waals surface area (Å²) in [6, 6.07) is 14.0. The van der Waals surface area contributed by atoms with Crippen molar-refractivity contribution in [3.63, 3.8) is 0 Å². The van der Waals surface area contributed by atoms with E-state index < -0.39 is 0 Å². The van der Waals surface area contributed by atoms with Gasteiger partial charge in [-0.15, -0.1) is 10.2 Å². The van der Waals surface area contributed by atoms with Gasteiger partial charge in [0, 0.05) is 43.7 Å². The highest BCUT2D eigenvalue weighted by atomic mass is 16.5. The van der Waals surface area contributed by atoms with Crippen LogP contribution < -0.4 is 20.3 Å². The molecule has 4 atom stereocenters. The molecule has 3 unspecified atom stereocenters. The number of carbonyl (C=O) groups is 2. The number of fused-ring (bicyclic) bond motifs is 2. The Hall–Kier alpha value is -5.48. The summed E-state index contributed by atoms with van der Waals surface area (Å²) in [6.45, 7) is 12.4. The molecule has 5 aromatic rings. The number of β-amino-alcohol motifs (C(OH)–C–C–N with tert-alkyl or cyclic N) is 1. The van der Waals surface area contributed by atoms with Crippen molar-refractivity contribution >= 4 is 29.9 Å². The van der Waals surface area contributed by atoms with Crippen molar-refractivity contribution in [1.29, 1.82) is 0 Å². The van der Waals surface area contributed by atoms with E-state index in [9.17, 15) is 9.90 Å². The van der Waals surface area contributed by atoms with Crippen LogP contribution in [0.5, 0.6) is 5.75 Å². The van der Waals surface area contributed by atoms with Crippen LogP contribution >= 0.6 is 0 Å². The van der Waals surface area contributed by atoms with Crippen LogP contribution in [0.4, 0.5) is 16.6 Å². The molecule has 1 aliphatic carbocycles. The Morgan fingerprint density at radius 3 is 2.55 bits per heavy atom. The number of nitrogens with one attached hydrogen (secondary N) is 2. The summed E-state index contributed by atoms with van der Waals surface area (Å²) >= 11 is 0. The van der Waals surface area contributed by atoms with Crippen molar-refractivity contribution in [3.05, 3.63) is 77.9 Å². The van der Waals surface area contributed by atoms with Crippen molar-refractivity contribution in [1.82, 2.24) is 44.4 Å². The number of urea groups is 1. The Bertz CT molecular complexity index is 2120. The van der Waals surface area contributed by atoms with E-state index in [1.54, 1.807) is 10.9 Å². The number of amides is 2. The number of nitrogens with zero attached hydrogens (tertiary/aromatic N) is 9. The second-order valence-corrected chi connectivity index (χ2v) is 16.0. The molecule has 3 aliphatic rings. The number of aliphatic hydroxyl groups is 1. The highest BCUT2D eigenvalue weighted by Gasteiger charge is 2.31. The number of rotatable bonds is 9. The van der Waals surface area contributed by atoms with Crippen molar-refractivity contribution in [2.24, 2.45) is 0 Å². The minimum atomic E-state index is -0.303. The van der Waals surface area contributed by atoms with Crippen molar-refractivity contribution in [2.45, 2.75) is 102 Å². The fourth-order valence-corrected chi connectivity index (χ4v) is 7.89. The molecule has 16 heteroatoms. The SMILES string of the molecule is CC1CCCCN1c1nnc2ccc(OC3CCC(NC(=O)Nc4cc(C(C)(C)C)nn4-c4cnn(CCN5CC[C@H](O)C5)c4)c4ccccc43)cn12.O=CO. The molecule has 298 valence electrons. The lowest BCUT2D eigenvalue weighted by Gasteiger charge is -2.33. The number of anilines is 2. The Morgan fingerprint density at radius 2 is 1.80 bits per heavy atom. The molecular weight excluding hydrogens is 715 g/mol. The van der Waals surface area contributed by atoms with Crippen molar-refractivity contribution < 1.29 is 24.5 Å². The van der Waals surface area contributed by atoms with Gasteiger partial charge in [0.25, 0.3) is 6.47 Å². The molecule has 4 aromatic heterocycles. The molecule has 16 nitrogen and oxygen atoms in total. The smallest absolute Gasteiger partial charge is 0.320 e. The molecule has 2 amide bonds. The van der Waals surface area contributed by atoms with E-state index >= 15 is 0 Å². The Labute approximate surface area is 326 Å². The van der Waals surface area contributed by atoms with E-state index in [4.69, 9.17) is 19.7 Å². The Kier molecular flexibility index (Phi) is 11.6. The average Bonchev–Trinajstić information content (AvgIpc) is 3.99. The summed E-state index contributed by atoms with van der Waals surface area (Å²) in [4.78, 5) is 26.7. The first-order chi connectivity index (χ1) is 27.0. The zero-order chi connectivity index (χ0) is 39.4. The van der Waals surface area contributed by atoms with Gasteiger partial charge in [0.2, 0.25) is 5.95 Å². The molecule has 0 saturated carbocycles. The van der Waals surface area contributed by atoms with Crippen LogP contribution in [-0.4, -0.2) is 100 Å². The fraction of sp³-hybridized carbons (Fsp3) is 0.500. The molecule has 6 heterocycles. The topological polar surface area (TPSA) is 180 Å². The van der Waals surface area contributed by atoms with Crippen molar-refractivity contribution in [3.8, 4) is 11.4 Å². The maximum absolute atomic E-state index is 13.7. The maximum atomic E-state index is 13.7. The number of aliphatic hydroxyl groups excluding tert-OH is 1. The lowest BCUT2D eigenvalue weighted by Crippen LogP contribution is -2.38. The normalized spacial score (nSPS) is 21.3. The Balaban J connectivity index is 0.00000155. The molecule has 0 spiro atoms. The molecule has 56 heavy (non-hydrogen) atoms. The largest absolute Gasteiger partial charge is 0.484 e. The molecule has 1 aromatic carbocycles. The van der Waals surface area contributed by atoms with Crippen LogP contribution in [0.15, 0.2) is 61.1 Å². The number of carboxylic acid groups (broad SMARTS) is 1. The summed E-state index contributed by atoms with van der Waals surface area (Å²) < 4.78 is 12.4. The van der Waals surface area contributed by atoms with Gasteiger partial charge in [-0.1, -0.05) is 45.0 Å². The van der Waals surface area contributed by atoms with E-state index in [1.165, 1.54) is 6.42 Å². The van der Waals surface area contributed by atoms with E-state index in [0.717, 1.165) is 85.2 Å². The third-order valence-electron chi connectivity index (χ3n) is 10.9. The predicted molar refractivity (Wildman–Crippen MR) is 211 cm³/mol. The summed E-state index contributed by atoms with van der Waals surface area (Å²) in [5, 5.41) is 41.6. The second kappa shape index (κ2) is 16.7. The fourth-order valence-electron chi connectivity index (χ4n) is 7.89. The highest BCUT2D eigenvalue weighted by Crippen LogP contribution is 2.39. The summed E-state index contributed by atoms with van der Waals surface area (Å²) in [5.41, 5.74) is 4.30. The first-order valence-electron chi connectivity index (χ1n) is 19.6. The van der Waals surface area contributed by atoms with Gasteiger partial charge >= 0.3 is 6.03 Å². The number of hydrogen-bond donors (Lipinski definition) is 4. The quantitative estimate of drug-likeness (QED) is 0.142. The monoisotopic (exact) mass is 767 g/mol. The predicted octanol–water partition coefficient (Wildman–Crippen LogP) is 5.33. The molecule has 2 saturated heterocycles. The second-order valence-electron chi connectivity index (χ2n) is 16.0. The minimum absolute atomic E-state index is 0.165. The molecular formula is C40H53N11O5. The van der Waals surface area contributed by atoms with Gasteiger partial charge < -0.3 is 25.2 Å². The van der Waals surface area contributed by atoms with E-state index in [-0.39, 0.29) is 36.2 Å². The number of piperidine rings is 1. The molecule has 0 bridgehead atoms. The molecule has 8 rings (SSSR count). The van der Waals surface area contributed by atoms with Crippen LogP contribution in [0.2, 0.25) is 0 Å². The zero-order valence-electron chi connectivity index (χ0n) is 32.6. The van der Waals surface area contributed by atoms with Gasteiger partial charge in [-0.25, -0.2) is 9.48 Å². The van der Waals surface area contributed by atoms with Gasteiger partial charge in [0.05, 0.1) is 43.0 Å². The van der Waals surface area contributed by atoms with E-state index in [0.29, 0.717) is 31.4 Å². The lowest BCUT2D eigenvalue weighted by atomic mass is 9.85. The molecule has 2 aliphatic heterocycles. The third kappa shape index (κ3) is 8.65. The molecule has 0 radical (unpaired) electrons. The Morgan fingerprint density at radius 1 is 1.00 bits per heavy atom. The number of likely N-dealkylation sites (tertiary alicyclic amines) is 1. The number of ether oxygens (including phenoxy) is 1. The number of pyridine rings is 1. The van der Waals surface area contributed by atoms with E-state index in [2.05, 4.69) is 75.6 Å². The number of hydrogen-bond acceptors (Lipinski definition) is 10. The summed E-state index contributed by atoms with van der Waals surface area (Å²) in [7, 11) is 0. The number of carbonyl (C=O) groups excluding carboxylic acids is 1. The van der Waals surface area contributed by atoms with Gasteiger partial charge in [0.15, 0.2) is 5.65 Å². The van der Waals surface area contributed by atoms with Gasteiger partial charge in [-0.05, 0) is 68.7 Å². The summed E-state index contributed by atoms with van der Waals surface area (Å²) in [5.74, 6) is 2.19. The van der Waals surface area contributed by atoms with Gasteiger partial charge in [-0.3, -0.25) is 24.1 Å². The van der Waals surface area contributed by atoms with Gasteiger partial charge in [0.1, 0.15) is 23.4 Å². The van der Waals surface area contributed by atoms with E-state index in [1.807, 2.05) is 51.8 Å². The third-order valence-corrected chi connectivity index (χ3v) is 10.9. The zero-order valence-corrected chi connectivity index (χ0v) is 32.6. The standard InChI is InChI=1S/C39H51N11O3.CH2O2/c1-26-9-7-8-17-48(26)38-44-43-35-15-12-29(25-49(35)38)53-33-14-13-32(30-10-5-6-11-31(30)33)41-37(52)42-36-21-34(39(2,3)4)45-50(36)27-22-40-47(23-27)20-19-46-18-16-28(51)24-46;2-1-3/h5-6,10-12,15,21-23,25-26,28,32-33,51H,7-9,13-14,16-20,24H2,1-4H3,(H2,41,42,52);1H,(H,2,3)/t26?,28-,32?,33?;/m0./s1. The molecule has 4 N–H and O–H groups in total. The number of benzene rings is 1. The first kappa shape index (κ1) is 38.8. The van der Waals surface area contributed by atoms with Crippen LogP contribution in [0.1, 0.15) is 95.2 Å². The van der Waals surface area contributed by atoms with Crippen LogP contribution in [0.3, 0.4) is 0 Å².